The normalized spacial score (nSPS) is 13.7. The van der Waals surface area contributed by atoms with Gasteiger partial charge in [0, 0.05) is 18.2 Å². The second kappa shape index (κ2) is 9.51. The summed E-state index contributed by atoms with van der Waals surface area (Å²) >= 11 is 0. The lowest BCUT2D eigenvalue weighted by atomic mass is 10.1. The number of nitrogens with two attached hydrogens (primary N) is 1. The topological polar surface area (TPSA) is 137 Å². The van der Waals surface area contributed by atoms with E-state index < -0.39 is 11.9 Å². The Hall–Kier alpha value is -3.88. The fourth-order valence-corrected chi connectivity index (χ4v) is 3.53. The van der Waals surface area contributed by atoms with Gasteiger partial charge in [-0.05, 0) is 37.6 Å². The maximum Gasteiger partial charge on any atom is 0.305 e. The maximum absolute atomic E-state index is 13.2. The van der Waals surface area contributed by atoms with Gasteiger partial charge in [-0.25, -0.2) is 0 Å². The van der Waals surface area contributed by atoms with Crippen LogP contribution in [0, 0.1) is 5.41 Å². The lowest BCUT2D eigenvalue weighted by Crippen LogP contribution is -2.42. The molecule has 0 fully saturated rings. The first kappa shape index (κ1) is 22.8. The second-order valence-electron chi connectivity index (χ2n) is 7.81. The van der Waals surface area contributed by atoms with Gasteiger partial charge in [0.25, 0.3) is 5.91 Å². The van der Waals surface area contributed by atoms with Crippen LogP contribution >= 0.6 is 0 Å². The average Bonchev–Trinajstić information content (AvgIpc) is 2.85. The number of carboxylic acid groups (broad SMARTS) is 1. The van der Waals surface area contributed by atoms with Gasteiger partial charge in [-0.2, -0.15) is 0 Å². The maximum atomic E-state index is 13.2. The number of carbonyl (C=O) groups excluding carboxylic acids is 2. The summed E-state index contributed by atoms with van der Waals surface area (Å²) in [7, 11) is 0. The summed E-state index contributed by atoms with van der Waals surface area (Å²) in [5.74, 6) is -1.28. The number of carbonyl (C=O) groups is 3. The summed E-state index contributed by atoms with van der Waals surface area (Å²) in [5, 5.41) is 16.4. The number of hydrogen-bond acceptors (Lipinski definition) is 5. The van der Waals surface area contributed by atoms with Crippen molar-refractivity contribution in [2.45, 2.75) is 32.9 Å². The summed E-state index contributed by atoms with van der Waals surface area (Å²) in [6.07, 6.45) is -0.248. The van der Waals surface area contributed by atoms with Gasteiger partial charge in [0.05, 0.1) is 17.7 Å². The zero-order valence-corrected chi connectivity index (χ0v) is 18.0. The molecule has 0 radical (unpaired) electrons. The van der Waals surface area contributed by atoms with Crippen LogP contribution in [0.15, 0.2) is 42.5 Å². The fraction of sp³-hybridized carbons (Fsp3) is 0.304. The summed E-state index contributed by atoms with van der Waals surface area (Å²) in [5.41, 5.74) is 7.71. The molecule has 0 aromatic heterocycles. The van der Waals surface area contributed by atoms with Crippen molar-refractivity contribution in [3.05, 3.63) is 59.2 Å². The minimum Gasteiger partial charge on any atom is -0.489 e. The minimum absolute atomic E-state index is 0.0153. The van der Waals surface area contributed by atoms with Crippen LogP contribution in [-0.2, 0) is 16.2 Å². The molecule has 9 heteroatoms. The number of amidine groups is 1. The van der Waals surface area contributed by atoms with Crippen molar-refractivity contribution < 1.29 is 24.2 Å². The zero-order chi connectivity index (χ0) is 23.4. The molecule has 0 saturated carbocycles. The molecule has 168 valence electrons. The lowest BCUT2D eigenvalue weighted by Gasteiger charge is -2.26. The van der Waals surface area contributed by atoms with E-state index in [-0.39, 0.29) is 43.9 Å². The van der Waals surface area contributed by atoms with Gasteiger partial charge in [0.1, 0.15) is 24.7 Å². The van der Waals surface area contributed by atoms with Crippen molar-refractivity contribution >= 4 is 29.3 Å². The Morgan fingerprint density at radius 1 is 1.19 bits per heavy atom. The second-order valence-corrected chi connectivity index (χ2v) is 7.81. The quantitative estimate of drug-likeness (QED) is 0.427. The van der Waals surface area contributed by atoms with Crippen molar-refractivity contribution in [1.82, 2.24) is 4.90 Å². The van der Waals surface area contributed by atoms with Crippen LogP contribution in [0.25, 0.3) is 0 Å². The summed E-state index contributed by atoms with van der Waals surface area (Å²) in [4.78, 5) is 39.8. The molecule has 0 atom stereocenters. The molecule has 0 aliphatic carbocycles. The van der Waals surface area contributed by atoms with Crippen LogP contribution in [0.4, 0.5) is 5.69 Å². The molecule has 4 N–H and O–H groups in total. The third-order valence-electron chi connectivity index (χ3n) is 5.12. The monoisotopic (exact) mass is 438 g/mol. The average molecular weight is 438 g/mol. The van der Waals surface area contributed by atoms with E-state index in [0.717, 1.165) is 5.56 Å². The van der Waals surface area contributed by atoms with E-state index in [1.165, 1.54) is 4.90 Å². The summed E-state index contributed by atoms with van der Waals surface area (Å²) in [6, 6.07) is 11.9. The fourth-order valence-electron chi connectivity index (χ4n) is 3.53. The molecule has 1 aliphatic heterocycles. The lowest BCUT2D eigenvalue weighted by molar-refractivity contribution is -0.137. The van der Waals surface area contributed by atoms with Gasteiger partial charge in [-0.1, -0.05) is 24.3 Å². The van der Waals surface area contributed by atoms with Crippen molar-refractivity contribution in [3.63, 3.8) is 0 Å². The van der Waals surface area contributed by atoms with Crippen LogP contribution < -0.4 is 15.4 Å². The predicted octanol–water partition coefficient (Wildman–Crippen LogP) is 2.22. The van der Waals surface area contributed by atoms with Gasteiger partial charge >= 0.3 is 5.97 Å². The molecule has 0 bridgehead atoms. The summed E-state index contributed by atoms with van der Waals surface area (Å²) < 4.78 is 5.85. The smallest absolute Gasteiger partial charge is 0.305 e. The summed E-state index contributed by atoms with van der Waals surface area (Å²) in [6.45, 7) is 3.71. The van der Waals surface area contributed by atoms with Gasteiger partial charge in [0.2, 0.25) is 5.91 Å². The van der Waals surface area contributed by atoms with Crippen molar-refractivity contribution in [2.24, 2.45) is 5.73 Å². The number of benzene rings is 2. The molecule has 1 aliphatic rings. The molecule has 2 amide bonds. The van der Waals surface area contributed by atoms with E-state index in [0.29, 0.717) is 22.6 Å². The molecule has 0 spiro atoms. The Balaban J connectivity index is 1.87. The Morgan fingerprint density at radius 2 is 1.88 bits per heavy atom. The van der Waals surface area contributed by atoms with E-state index >= 15 is 0 Å². The number of fused-ring (bicyclic) bond motifs is 1. The van der Waals surface area contributed by atoms with Gasteiger partial charge < -0.3 is 25.4 Å². The van der Waals surface area contributed by atoms with E-state index in [4.69, 9.17) is 21.0 Å². The number of nitrogens with one attached hydrogen (secondary N) is 1. The number of hydrogen-bond donors (Lipinski definition) is 3. The van der Waals surface area contributed by atoms with Crippen molar-refractivity contribution in [2.75, 3.05) is 18.0 Å². The highest BCUT2D eigenvalue weighted by molar-refractivity contribution is 6.10. The molecule has 0 unspecified atom stereocenters. The number of nitrogen functional groups attached to an aromatic ring is 1. The van der Waals surface area contributed by atoms with Crippen LogP contribution in [0.2, 0.25) is 0 Å². The van der Waals surface area contributed by atoms with E-state index in [2.05, 4.69) is 0 Å². The highest BCUT2D eigenvalue weighted by atomic mass is 16.5. The minimum atomic E-state index is -1.04. The number of aliphatic carboxylic acids is 1. The molecule has 9 nitrogen and oxygen atoms in total. The molecular weight excluding hydrogens is 412 g/mol. The highest BCUT2D eigenvalue weighted by Gasteiger charge is 2.33. The molecule has 2 aromatic carbocycles. The Bertz CT molecular complexity index is 1050. The predicted molar refractivity (Wildman–Crippen MR) is 119 cm³/mol. The van der Waals surface area contributed by atoms with Crippen LogP contribution in [-0.4, -0.2) is 52.8 Å². The SMILES string of the molecule is CC(C)N1C(=O)CN(CCC(=O)O)C(=O)c2cc(OCc3ccc(C(=N)N)cc3)ccc21. The molecule has 32 heavy (non-hydrogen) atoms. The standard InChI is InChI=1S/C23H26N4O5/c1-14(2)27-19-8-7-17(32-13-15-3-5-16(6-4-15)22(24)25)11-18(19)23(31)26(12-20(27)28)10-9-21(29)30/h3-8,11,14H,9-10,12-13H2,1-2H3,(H3,24,25)(H,29,30). The van der Waals surface area contributed by atoms with Crippen LogP contribution in [0.1, 0.15) is 41.8 Å². The molecule has 0 saturated heterocycles. The Morgan fingerprint density at radius 3 is 2.47 bits per heavy atom. The van der Waals surface area contributed by atoms with E-state index in [1.54, 1.807) is 47.4 Å². The first-order valence-corrected chi connectivity index (χ1v) is 10.2. The highest BCUT2D eigenvalue weighted by Crippen LogP contribution is 2.31. The number of rotatable bonds is 8. The molecular formula is C23H26N4O5. The van der Waals surface area contributed by atoms with Crippen molar-refractivity contribution in [1.29, 1.82) is 5.41 Å². The van der Waals surface area contributed by atoms with E-state index in [1.807, 2.05) is 13.8 Å². The van der Waals surface area contributed by atoms with Gasteiger partial charge in [-0.3, -0.25) is 19.8 Å². The number of amides is 2. The largest absolute Gasteiger partial charge is 0.489 e. The van der Waals surface area contributed by atoms with E-state index in [9.17, 15) is 14.4 Å². The Labute approximate surface area is 185 Å². The number of nitrogens with zero attached hydrogens (tertiary/aromatic N) is 2. The van der Waals surface area contributed by atoms with Crippen molar-refractivity contribution in [3.8, 4) is 5.75 Å². The number of carboxylic acids is 1. The molecule has 3 rings (SSSR count). The molecule has 2 aromatic rings. The first-order valence-electron chi connectivity index (χ1n) is 10.2. The number of anilines is 1. The van der Waals surface area contributed by atoms with Gasteiger partial charge in [0.15, 0.2) is 0 Å². The first-order chi connectivity index (χ1) is 15.2. The Kier molecular flexibility index (Phi) is 6.77. The van der Waals surface area contributed by atoms with Gasteiger partial charge in [-0.15, -0.1) is 0 Å². The van der Waals surface area contributed by atoms with Crippen LogP contribution in [0.5, 0.6) is 5.75 Å². The third-order valence-corrected chi connectivity index (χ3v) is 5.12. The third kappa shape index (κ3) is 5.05. The number of ether oxygens (including phenoxy) is 1. The molecule has 1 heterocycles. The zero-order valence-electron chi connectivity index (χ0n) is 18.0. The van der Waals surface area contributed by atoms with Crippen LogP contribution in [0.3, 0.4) is 0 Å².